The standard InChI is InChI=1S/C22H21N3O3S2/c1-26-15-4-2-5-16(12-15)28-21-20-17(18-6-3-11-29-18)14-30-22(20)24-19(23-21)13-25-7-9-27-10-8-25/h2-6,11-12,14H,7-10,13H2,1H3. The van der Waals surface area contributed by atoms with Gasteiger partial charge in [-0.2, -0.15) is 4.98 Å². The van der Waals surface area contributed by atoms with Crippen LogP contribution in [0.1, 0.15) is 5.82 Å². The number of aromatic nitrogens is 2. The van der Waals surface area contributed by atoms with E-state index >= 15 is 0 Å². The SMILES string of the molecule is COc1cccc(Oc2nc(CN3CCOCC3)nc3scc(-c4cccs4)c23)c1. The van der Waals surface area contributed by atoms with E-state index < -0.39 is 0 Å². The van der Waals surface area contributed by atoms with E-state index in [1.165, 1.54) is 4.88 Å². The molecule has 0 unspecified atom stereocenters. The molecule has 1 fully saturated rings. The number of methoxy groups -OCH3 is 1. The van der Waals surface area contributed by atoms with Gasteiger partial charge < -0.3 is 14.2 Å². The van der Waals surface area contributed by atoms with Crippen LogP contribution < -0.4 is 9.47 Å². The lowest BCUT2D eigenvalue weighted by Crippen LogP contribution is -2.36. The van der Waals surface area contributed by atoms with Crippen molar-refractivity contribution in [2.24, 2.45) is 0 Å². The number of thiophene rings is 2. The van der Waals surface area contributed by atoms with Crippen molar-refractivity contribution in [3.63, 3.8) is 0 Å². The highest BCUT2D eigenvalue weighted by atomic mass is 32.1. The summed E-state index contributed by atoms with van der Waals surface area (Å²) in [5, 5.41) is 5.17. The number of nitrogens with zero attached hydrogens (tertiary/aromatic N) is 3. The van der Waals surface area contributed by atoms with Gasteiger partial charge in [-0.25, -0.2) is 4.98 Å². The number of morpholine rings is 1. The normalized spacial score (nSPS) is 14.8. The molecule has 0 radical (unpaired) electrons. The fraction of sp³-hybridized carbons (Fsp3) is 0.273. The van der Waals surface area contributed by atoms with Crippen LogP contribution in [0.4, 0.5) is 0 Å². The molecular formula is C22H21N3O3S2. The molecule has 1 saturated heterocycles. The van der Waals surface area contributed by atoms with E-state index in [1.54, 1.807) is 29.8 Å². The molecule has 8 heteroatoms. The Labute approximate surface area is 182 Å². The monoisotopic (exact) mass is 439 g/mol. The van der Waals surface area contributed by atoms with Crippen molar-refractivity contribution in [2.45, 2.75) is 6.54 Å². The van der Waals surface area contributed by atoms with E-state index in [0.717, 1.165) is 53.7 Å². The molecule has 3 aromatic heterocycles. The average Bonchev–Trinajstić information content (AvgIpc) is 3.44. The van der Waals surface area contributed by atoms with Gasteiger partial charge in [-0.1, -0.05) is 12.1 Å². The van der Waals surface area contributed by atoms with E-state index in [1.807, 2.05) is 24.3 Å². The minimum Gasteiger partial charge on any atom is -0.497 e. The number of hydrogen-bond donors (Lipinski definition) is 0. The molecular weight excluding hydrogens is 418 g/mol. The Balaban J connectivity index is 1.57. The lowest BCUT2D eigenvalue weighted by Gasteiger charge is -2.25. The zero-order valence-electron chi connectivity index (χ0n) is 16.5. The first kappa shape index (κ1) is 19.4. The first-order valence-electron chi connectivity index (χ1n) is 9.74. The van der Waals surface area contributed by atoms with Crippen molar-refractivity contribution in [2.75, 3.05) is 33.4 Å². The first-order chi connectivity index (χ1) is 14.8. The summed E-state index contributed by atoms with van der Waals surface area (Å²) >= 11 is 3.33. The predicted octanol–water partition coefficient (Wildman–Crippen LogP) is 5.05. The fourth-order valence-corrected chi connectivity index (χ4v) is 5.22. The molecule has 30 heavy (non-hydrogen) atoms. The van der Waals surface area contributed by atoms with Gasteiger partial charge in [0.1, 0.15) is 22.2 Å². The second kappa shape index (κ2) is 8.69. The summed E-state index contributed by atoms with van der Waals surface area (Å²) in [4.78, 5) is 14.1. The number of hydrogen-bond acceptors (Lipinski definition) is 8. The summed E-state index contributed by atoms with van der Waals surface area (Å²) in [6.45, 7) is 3.95. The van der Waals surface area contributed by atoms with E-state index in [9.17, 15) is 0 Å². The molecule has 0 bridgehead atoms. The van der Waals surface area contributed by atoms with Crippen LogP contribution in [-0.4, -0.2) is 48.3 Å². The topological polar surface area (TPSA) is 56.7 Å². The number of fused-ring (bicyclic) bond motifs is 1. The highest BCUT2D eigenvalue weighted by molar-refractivity contribution is 7.18. The van der Waals surface area contributed by atoms with Crippen LogP contribution in [0.15, 0.2) is 47.2 Å². The van der Waals surface area contributed by atoms with Gasteiger partial charge in [0, 0.05) is 35.0 Å². The maximum absolute atomic E-state index is 6.30. The minimum absolute atomic E-state index is 0.584. The van der Waals surface area contributed by atoms with Crippen LogP contribution in [-0.2, 0) is 11.3 Å². The summed E-state index contributed by atoms with van der Waals surface area (Å²) in [6.07, 6.45) is 0. The Hall–Kier alpha value is -2.52. The molecule has 1 aliphatic heterocycles. The van der Waals surface area contributed by atoms with E-state index in [-0.39, 0.29) is 0 Å². The zero-order chi connectivity index (χ0) is 20.3. The van der Waals surface area contributed by atoms with Crippen LogP contribution in [0.3, 0.4) is 0 Å². The van der Waals surface area contributed by atoms with Crippen molar-refractivity contribution >= 4 is 32.9 Å². The van der Waals surface area contributed by atoms with Crippen molar-refractivity contribution in [1.29, 1.82) is 0 Å². The van der Waals surface area contributed by atoms with Crippen LogP contribution in [0.25, 0.3) is 20.7 Å². The third-order valence-electron chi connectivity index (χ3n) is 4.96. The second-order valence-corrected chi connectivity index (χ2v) is 8.73. The Morgan fingerprint density at radius 1 is 1.07 bits per heavy atom. The molecule has 0 atom stereocenters. The molecule has 0 N–H and O–H groups in total. The molecule has 5 rings (SSSR count). The van der Waals surface area contributed by atoms with Gasteiger partial charge in [0.2, 0.25) is 5.88 Å². The van der Waals surface area contributed by atoms with Gasteiger partial charge in [-0.15, -0.1) is 22.7 Å². The van der Waals surface area contributed by atoms with Crippen LogP contribution in [0, 0.1) is 0 Å². The Morgan fingerprint density at radius 2 is 1.93 bits per heavy atom. The molecule has 1 aliphatic rings. The summed E-state index contributed by atoms with van der Waals surface area (Å²) in [5.41, 5.74) is 1.11. The molecule has 0 spiro atoms. The van der Waals surface area contributed by atoms with Crippen molar-refractivity contribution in [1.82, 2.24) is 14.9 Å². The summed E-state index contributed by atoms with van der Waals surface area (Å²) in [7, 11) is 1.65. The molecule has 6 nitrogen and oxygen atoms in total. The van der Waals surface area contributed by atoms with Gasteiger partial charge in [0.05, 0.1) is 32.3 Å². The summed E-state index contributed by atoms with van der Waals surface area (Å²) < 4.78 is 17.1. The maximum atomic E-state index is 6.30. The van der Waals surface area contributed by atoms with Crippen molar-refractivity contribution in [3.8, 4) is 27.8 Å². The van der Waals surface area contributed by atoms with Gasteiger partial charge >= 0.3 is 0 Å². The Bertz CT molecular complexity index is 1140. The van der Waals surface area contributed by atoms with Crippen LogP contribution in [0.5, 0.6) is 17.4 Å². The number of benzene rings is 1. The summed E-state index contributed by atoms with van der Waals surface area (Å²) in [5.74, 6) is 2.79. The Morgan fingerprint density at radius 3 is 2.73 bits per heavy atom. The van der Waals surface area contributed by atoms with Gasteiger partial charge in [-0.05, 0) is 23.6 Å². The first-order valence-corrected chi connectivity index (χ1v) is 11.5. The fourth-order valence-electron chi connectivity index (χ4n) is 3.45. The summed E-state index contributed by atoms with van der Waals surface area (Å²) in [6, 6.07) is 11.8. The van der Waals surface area contributed by atoms with Gasteiger partial charge in [0.25, 0.3) is 0 Å². The molecule has 0 aliphatic carbocycles. The van der Waals surface area contributed by atoms with Gasteiger partial charge in [0.15, 0.2) is 0 Å². The van der Waals surface area contributed by atoms with Gasteiger partial charge in [-0.3, -0.25) is 4.90 Å². The highest BCUT2D eigenvalue weighted by Gasteiger charge is 2.20. The number of ether oxygens (including phenoxy) is 3. The maximum Gasteiger partial charge on any atom is 0.232 e. The lowest BCUT2D eigenvalue weighted by molar-refractivity contribution is 0.0330. The smallest absolute Gasteiger partial charge is 0.232 e. The Kier molecular flexibility index (Phi) is 5.63. The predicted molar refractivity (Wildman–Crippen MR) is 120 cm³/mol. The quantitative estimate of drug-likeness (QED) is 0.419. The highest BCUT2D eigenvalue weighted by Crippen LogP contribution is 2.41. The van der Waals surface area contributed by atoms with E-state index in [2.05, 4.69) is 27.8 Å². The average molecular weight is 440 g/mol. The molecule has 4 aromatic rings. The number of rotatable bonds is 6. The molecule has 4 heterocycles. The molecule has 0 saturated carbocycles. The van der Waals surface area contributed by atoms with E-state index in [0.29, 0.717) is 18.2 Å². The largest absolute Gasteiger partial charge is 0.497 e. The molecule has 0 amide bonds. The third kappa shape index (κ3) is 4.04. The lowest BCUT2D eigenvalue weighted by atomic mass is 10.2. The van der Waals surface area contributed by atoms with Crippen LogP contribution >= 0.6 is 22.7 Å². The minimum atomic E-state index is 0.584. The second-order valence-electron chi connectivity index (χ2n) is 6.92. The van der Waals surface area contributed by atoms with E-state index in [4.69, 9.17) is 24.2 Å². The zero-order valence-corrected chi connectivity index (χ0v) is 18.2. The van der Waals surface area contributed by atoms with Crippen molar-refractivity contribution < 1.29 is 14.2 Å². The molecule has 1 aromatic carbocycles. The van der Waals surface area contributed by atoms with Crippen molar-refractivity contribution in [3.05, 3.63) is 53.0 Å². The third-order valence-corrected chi connectivity index (χ3v) is 6.73. The van der Waals surface area contributed by atoms with Crippen LogP contribution in [0.2, 0.25) is 0 Å². The molecule has 154 valence electrons.